The van der Waals surface area contributed by atoms with E-state index in [-0.39, 0.29) is 17.3 Å². The summed E-state index contributed by atoms with van der Waals surface area (Å²) >= 11 is 18.6. The average Bonchev–Trinajstić information content (AvgIpc) is 2.74. The molecule has 0 aliphatic heterocycles. The fourth-order valence-electron chi connectivity index (χ4n) is 3.38. The summed E-state index contributed by atoms with van der Waals surface area (Å²) in [5, 5.41) is 3.96. The van der Waals surface area contributed by atoms with Gasteiger partial charge in [0, 0.05) is 39.8 Å². The van der Waals surface area contributed by atoms with Crippen LogP contribution < -0.4 is 5.32 Å². The number of hydrogen-bond acceptors (Lipinski definition) is 4. The smallest absolute Gasteiger partial charge is 0.243 e. The first-order chi connectivity index (χ1) is 16.2. The van der Waals surface area contributed by atoms with Gasteiger partial charge in [0.1, 0.15) is 6.04 Å². The first kappa shape index (κ1) is 29.4. The molecular weight excluding hydrogens is 533 g/mol. The van der Waals surface area contributed by atoms with Gasteiger partial charge in [-0.2, -0.15) is 4.31 Å². The van der Waals surface area contributed by atoms with Gasteiger partial charge in [-0.3, -0.25) is 9.59 Å². The first-order valence-corrected chi connectivity index (χ1v) is 13.5. The van der Waals surface area contributed by atoms with Crippen molar-refractivity contribution in [1.29, 1.82) is 0 Å². The van der Waals surface area contributed by atoms with Crippen molar-refractivity contribution < 1.29 is 18.0 Å². The lowest BCUT2D eigenvalue weighted by Gasteiger charge is -2.34. The van der Waals surface area contributed by atoms with E-state index in [2.05, 4.69) is 5.32 Å². The van der Waals surface area contributed by atoms with Gasteiger partial charge in [0.15, 0.2) is 0 Å². The zero-order valence-electron chi connectivity index (χ0n) is 20.3. The Morgan fingerprint density at radius 3 is 2.03 bits per heavy atom. The van der Waals surface area contributed by atoms with E-state index in [1.807, 2.05) is 20.8 Å². The minimum absolute atomic E-state index is 0.00424. The van der Waals surface area contributed by atoms with Gasteiger partial charge in [0.2, 0.25) is 21.8 Å². The molecule has 0 fully saturated rings. The Kier molecular flexibility index (Phi) is 10.0. The van der Waals surface area contributed by atoms with Crippen LogP contribution in [-0.4, -0.2) is 54.6 Å². The highest BCUT2D eigenvalue weighted by Gasteiger charge is 2.33. The van der Waals surface area contributed by atoms with Gasteiger partial charge in [-0.15, -0.1) is 0 Å². The van der Waals surface area contributed by atoms with Gasteiger partial charge < -0.3 is 10.2 Å². The van der Waals surface area contributed by atoms with Gasteiger partial charge in [0.05, 0.1) is 11.4 Å². The Morgan fingerprint density at radius 1 is 1.00 bits per heavy atom. The van der Waals surface area contributed by atoms with Crippen molar-refractivity contribution in [3.63, 3.8) is 0 Å². The van der Waals surface area contributed by atoms with E-state index >= 15 is 0 Å². The molecule has 0 aromatic heterocycles. The molecule has 2 rings (SSSR count). The Morgan fingerprint density at radius 2 is 1.54 bits per heavy atom. The van der Waals surface area contributed by atoms with E-state index in [1.165, 1.54) is 36.2 Å². The highest BCUT2D eigenvalue weighted by Crippen LogP contribution is 2.27. The highest BCUT2D eigenvalue weighted by molar-refractivity contribution is 7.89. The number of carbonyl (C=O) groups is 2. The topological polar surface area (TPSA) is 86.8 Å². The van der Waals surface area contributed by atoms with Crippen molar-refractivity contribution in [2.24, 2.45) is 0 Å². The standard InChI is InChI=1S/C24H30Cl3N3O4S/c1-6-21(23(32)28-24(2,3)4)30(14-18-19(26)8-7-9-20(18)27)22(31)15-29(5)35(33,34)17-12-10-16(25)11-13-17/h7-13,21H,6,14-15H2,1-5H3,(H,28,32). The van der Waals surface area contributed by atoms with Crippen LogP contribution in [0.5, 0.6) is 0 Å². The van der Waals surface area contributed by atoms with E-state index in [4.69, 9.17) is 34.8 Å². The number of nitrogens with zero attached hydrogens (tertiary/aromatic N) is 2. The third-order valence-electron chi connectivity index (χ3n) is 5.15. The SMILES string of the molecule is CCC(C(=O)NC(C)(C)C)N(Cc1c(Cl)cccc1Cl)C(=O)CN(C)S(=O)(=O)c1ccc(Cl)cc1. The Bertz CT molecular complexity index is 1150. The minimum atomic E-state index is -3.98. The molecule has 0 bridgehead atoms. The molecule has 2 amide bonds. The molecule has 0 saturated heterocycles. The van der Waals surface area contributed by atoms with Crippen molar-refractivity contribution in [2.45, 2.75) is 57.1 Å². The molecule has 0 radical (unpaired) electrons. The number of sulfonamides is 1. The molecule has 2 aromatic carbocycles. The molecule has 1 N–H and O–H groups in total. The van der Waals surface area contributed by atoms with E-state index in [9.17, 15) is 18.0 Å². The molecule has 35 heavy (non-hydrogen) atoms. The number of hydrogen-bond donors (Lipinski definition) is 1. The number of rotatable bonds is 9. The molecule has 1 atom stereocenters. The van der Waals surface area contributed by atoms with Crippen molar-refractivity contribution in [3.8, 4) is 0 Å². The molecule has 11 heteroatoms. The van der Waals surface area contributed by atoms with Gasteiger partial charge in [-0.1, -0.05) is 47.8 Å². The lowest BCUT2D eigenvalue weighted by Crippen LogP contribution is -2.55. The second kappa shape index (κ2) is 11.9. The van der Waals surface area contributed by atoms with Crippen LogP contribution in [0.3, 0.4) is 0 Å². The summed E-state index contributed by atoms with van der Waals surface area (Å²) in [4.78, 5) is 27.9. The van der Waals surface area contributed by atoms with E-state index < -0.39 is 34.1 Å². The largest absolute Gasteiger partial charge is 0.350 e. The summed E-state index contributed by atoms with van der Waals surface area (Å²) in [6.07, 6.45) is 0.295. The van der Waals surface area contributed by atoms with Gasteiger partial charge in [-0.05, 0) is 63.6 Å². The third kappa shape index (κ3) is 7.82. The summed E-state index contributed by atoms with van der Waals surface area (Å²) in [6.45, 7) is 6.72. The molecular formula is C24H30Cl3N3O4S. The number of halogens is 3. The predicted octanol–water partition coefficient (Wildman–Crippen LogP) is 4.99. The lowest BCUT2D eigenvalue weighted by molar-refractivity contribution is -0.142. The zero-order valence-corrected chi connectivity index (χ0v) is 23.4. The lowest BCUT2D eigenvalue weighted by atomic mass is 10.1. The van der Waals surface area contributed by atoms with Crippen molar-refractivity contribution >= 4 is 56.6 Å². The maximum atomic E-state index is 13.5. The maximum Gasteiger partial charge on any atom is 0.243 e. The van der Waals surface area contributed by atoms with Crippen LogP contribution in [0.1, 0.15) is 39.7 Å². The fourth-order valence-corrected chi connectivity index (χ4v) is 5.14. The highest BCUT2D eigenvalue weighted by atomic mass is 35.5. The molecule has 0 aliphatic rings. The summed E-state index contributed by atoms with van der Waals surface area (Å²) in [6, 6.07) is 9.73. The Balaban J connectivity index is 2.41. The summed E-state index contributed by atoms with van der Waals surface area (Å²) in [5.74, 6) is -0.934. The van der Waals surface area contributed by atoms with Crippen LogP contribution in [0.4, 0.5) is 0 Å². The van der Waals surface area contributed by atoms with Gasteiger partial charge in [0.25, 0.3) is 0 Å². The fraction of sp³-hybridized carbons (Fsp3) is 0.417. The van der Waals surface area contributed by atoms with Crippen LogP contribution in [0.25, 0.3) is 0 Å². The normalized spacial score (nSPS) is 12.9. The Labute approximate surface area is 222 Å². The number of carbonyl (C=O) groups excluding carboxylic acids is 2. The monoisotopic (exact) mass is 561 g/mol. The number of amides is 2. The van der Waals surface area contributed by atoms with Crippen LogP contribution in [0.15, 0.2) is 47.4 Å². The second-order valence-electron chi connectivity index (χ2n) is 9.10. The second-order valence-corrected chi connectivity index (χ2v) is 12.4. The minimum Gasteiger partial charge on any atom is -0.350 e. The molecule has 0 heterocycles. The summed E-state index contributed by atoms with van der Waals surface area (Å²) in [5.41, 5.74) is -0.0647. The quantitative estimate of drug-likeness (QED) is 0.467. The van der Waals surface area contributed by atoms with E-state index in [1.54, 1.807) is 25.1 Å². The van der Waals surface area contributed by atoms with E-state index in [0.29, 0.717) is 27.1 Å². The zero-order chi connectivity index (χ0) is 26.6. The van der Waals surface area contributed by atoms with Crippen molar-refractivity contribution in [1.82, 2.24) is 14.5 Å². The average molecular weight is 563 g/mol. The first-order valence-electron chi connectivity index (χ1n) is 10.9. The summed E-state index contributed by atoms with van der Waals surface area (Å²) < 4.78 is 27.0. The maximum absolute atomic E-state index is 13.5. The number of nitrogens with one attached hydrogen (secondary N) is 1. The molecule has 2 aromatic rings. The molecule has 0 spiro atoms. The number of likely N-dealkylation sites (N-methyl/N-ethyl adjacent to an activating group) is 1. The van der Waals surface area contributed by atoms with E-state index in [0.717, 1.165) is 4.31 Å². The Hall–Kier alpha value is -1.84. The molecule has 0 aliphatic carbocycles. The van der Waals surface area contributed by atoms with Gasteiger partial charge in [-0.25, -0.2) is 8.42 Å². The third-order valence-corrected chi connectivity index (χ3v) is 7.93. The number of benzene rings is 2. The van der Waals surface area contributed by atoms with Crippen LogP contribution in [0.2, 0.25) is 15.1 Å². The van der Waals surface area contributed by atoms with Crippen LogP contribution in [0, 0.1) is 0 Å². The predicted molar refractivity (Wildman–Crippen MR) is 140 cm³/mol. The molecule has 1 unspecified atom stereocenters. The molecule has 192 valence electrons. The molecule has 0 saturated carbocycles. The van der Waals surface area contributed by atoms with Crippen LogP contribution in [-0.2, 0) is 26.2 Å². The summed E-state index contributed by atoms with van der Waals surface area (Å²) in [7, 11) is -2.68. The van der Waals surface area contributed by atoms with Crippen molar-refractivity contribution in [3.05, 3.63) is 63.1 Å². The van der Waals surface area contributed by atoms with Crippen molar-refractivity contribution in [2.75, 3.05) is 13.6 Å². The molecule has 7 nitrogen and oxygen atoms in total. The van der Waals surface area contributed by atoms with Gasteiger partial charge >= 0.3 is 0 Å². The van der Waals surface area contributed by atoms with Crippen LogP contribution >= 0.6 is 34.8 Å².